The largest absolute Gasteiger partial charge is 0.350 e. The first-order valence-corrected chi connectivity index (χ1v) is 6.84. The van der Waals surface area contributed by atoms with Crippen LogP contribution < -0.4 is 0 Å². The van der Waals surface area contributed by atoms with Crippen molar-refractivity contribution < 1.29 is 0 Å². The Balaban J connectivity index is 1.74. The Kier molecular flexibility index (Phi) is 3.21. The number of hydrogen-bond donors (Lipinski definition) is 1. The minimum Gasteiger partial charge on any atom is -0.350 e. The van der Waals surface area contributed by atoms with Gasteiger partial charge in [-0.3, -0.25) is 4.98 Å². The molecule has 0 fully saturated rings. The maximum absolute atomic E-state index is 5.70. The molecule has 0 aliphatic heterocycles. The summed E-state index contributed by atoms with van der Waals surface area (Å²) >= 11 is 7.40. The highest BCUT2D eigenvalue weighted by Gasteiger charge is 2.02. The number of thioether (sulfide) groups is 1. The zero-order valence-corrected chi connectivity index (χ0v) is 11.0. The molecule has 1 aromatic carbocycles. The Morgan fingerprint density at radius 2 is 2.06 bits per heavy atom. The van der Waals surface area contributed by atoms with Crippen molar-refractivity contribution in [1.29, 1.82) is 0 Å². The molecular weight excluding hydrogens is 266 g/mol. The molecule has 0 unspecified atom stereocenters. The summed E-state index contributed by atoms with van der Waals surface area (Å²) in [5.74, 6) is 0.775. The van der Waals surface area contributed by atoms with Crippen molar-refractivity contribution >= 4 is 34.3 Å². The predicted molar refractivity (Wildman–Crippen MR) is 74.9 cm³/mol. The summed E-state index contributed by atoms with van der Waals surface area (Å²) < 4.78 is 0. The van der Waals surface area contributed by atoms with E-state index in [1.165, 1.54) is 5.39 Å². The Labute approximate surface area is 114 Å². The molecule has 3 nitrogen and oxygen atoms in total. The van der Waals surface area contributed by atoms with Gasteiger partial charge >= 0.3 is 0 Å². The van der Waals surface area contributed by atoms with Crippen LogP contribution in [0.5, 0.6) is 0 Å². The minimum absolute atomic E-state index is 0.425. The molecule has 0 saturated carbocycles. The van der Waals surface area contributed by atoms with Crippen molar-refractivity contribution in [3.63, 3.8) is 0 Å². The van der Waals surface area contributed by atoms with E-state index in [2.05, 4.69) is 33.2 Å². The number of rotatable bonds is 3. The van der Waals surface area contributed by atoms with Gasteiger partial charge in [-0.1, -0.05) is 29.8 Å². The molecule has 3 aromatic rings. The lowest BCUT2D eigenvalue weighted by Crippen LogP contribution is -1.88. The van der Waals surface area contributed by atoms with E-state index < -0.39 is 0 Å². The maximum Gasteiger partial charge on any atom is 0.147 e. The number of benzene rings is 1. The summed E-state index contributed by atoms with van der Waals surface area (Å²) in [5.41, 5.74) is 2.07. The molecule has 2 heterocycles. The van der Waals surface area contributed by atoms with Gasteiger partial charge in [-0.15, -0.1) is 11.8 Å². The van der Waals surface area contributed by atoms with E-state index >= 15 is 0 Å². The lowest BCUT2D eigenvalue weighted by atomic mass is 10.3. The van der Waals surface area contributed by atoms with Gasteiger partial charge in [0.05, 0.1) is 23.1 Å². The standard InChI is InChI=1S/C13H10ClN3S/c14-12-7-15-10(6-16-12)8-18-13-5-9-3-1-2-4-11(9)17-13/h1-7,17H,8H2. The molecule has 18 heavy (non-hydrogen) atoms. The van der Waals surface area contributed by atoms with Crippen LogP contribution in [0.2, 0.25) is 5.15 Å². The Bertz CT molecular complexity index is 630. The quantitative estimate of drug-likeness (QED) is 0.737. The Morgan fingerprint density at radius 3 is 2.83 bits per heavy atom. The van der Waals surface area contributed by atoms with Gasteiger partial charge in [-0.25, -0.2) is 4.98 Å². The Hall–Kier alpha value is -1.52. The smallest absolute Gasteiger partial charge is 0.147 e. The molecule has 0 atom stereocenters. The average molecular weight is 276 g/mol. The number of halogens is 1. The van der Waals surface area contributed by atoms with Crippen LogP contribution in [-0.2, 0) is 5.75 Å². The van der Waals surface area contributed by atoms with E-state index in [0.29, 0.717) is 5.15 Å². The highest BCUT2D eigenvalue weighted by molar-refractivity contribution is 7.98. The summed E-state index contributed by atoms with van der Waals surface area (Å²) in [5, 5.41) is 2.78. The highest BCUT2D eigenvalue weighted by atomic mass is 35.5. The summed E-state index contributed by atoms with van der Waals surface area (Å²) in [4.78, 5) is 11.6. The lowest BCUT2D eigenvalue weighted by molar-refractivity contribution is 1.10. The van der Waals surface area contributed by atoms with Crippen molar-refractivity contribution in [2.24, 2.45) is 0 Å². The topological polar surface area (TPSA) is 41.6 Å². The summed E-state index contributed by atoms with van der Waals surface area (Å²) in [6.07, 6.45) is 3.28. The third kappa shape index (κ3) is 2.49. The SMILES string of the molecule is Clc1cnc(CSc2cc3ccccc3[nH]2)cn1. The van der Waals surface area contributed by atoms with Crippen LogP contribution in [0.25, 0.3) is 10.9 Å². The molecule has 2 aromatic heterocycles. The van der Waals surface area contributed by atoms with Gasteiger partial charge in [0.15, 0.2) is 0 Å². The summed E-state index contributed by atoms with van der Waals surface area (Å²) in [7, 11) is 0. The summed E-state index contributed by atoms with van der Waals surface area (Å²) in [6, 6.07) is 10.4. The van der Waals surface area contributed by atoms with Crippen LogP contribution in [0.3, 0.4) is 0 Å². The van der Waals surface area contributed by atoms with E-state index in [1.54, 1.807) is 24.2 Å². The number of nitrogens with one attached hydrogen (secondary N) is 1. The van der Waals surface area contributed by atoms with Gasteiger partial charge in [-0.05, 0) is 12.1 Å². The zero-order chi connectivity index (χ0) is 12.4. The van der Waals surface area contributed by atoms with Gasteiger partial charge in [-0.2, -0.15) is 0 Å². The van der Waals surface area contributed by atoms with Crippen LogP contribution in [0, 0.1) is 0 Å². The first-order valence-electron chi connectivity index (χ1n) is 5.48. The fourth-order valence-corrected chi connectivity index (χ4v) is 2.63. The molecule has 0 radical (unpaired) electrons. The molecular formula is C13H10ClN3S. The van der Waals surface area contributed by atoms with Crippen molar-refractivity contribution in [2.45, 2.75) is 10.8 Å². The fraction of sp³-hybridized carbons (Fsp3) is 0.0769. The van der Waals surface area contributed by atoms with Crippen LogP contribution in [-0.4, -0.2) is 15.0 Å². The fourth-order valence-electron chi connectivity index (χ4n) is 1.69. The van der Waals surface area contributed by atoms with Crippen molar-refractivity contribution in [3.8, 4) is 0 Å². The van der Waals surface area contributed by atoms with Crippen LogP contribution in [0.4, 0.5) is 0 Å². The van der Waals surface area contributed by atoms with E-state index in [9.17, 15) is 0 Å². The second-order valence-electron chi connectivity index (χ2n) is 3.84. The number of hydrogen-bond acceptors (Lipinski definition) is 3. The van der Waals surface area contributed by atoms with Gasteiger partial charge in [0.2, 0.25) is 0 Å². The molecule has 1 N–H and O–H groups in total. The molecule has 0 amide bonds. The maximum atomic E-state index is 5.70. The van der Waals surface area contributed by atoms with E-state index in [4.69, 9.17) is 11.6 Å². The number of nitrogens with zero attached hydrogens (tertiary/aromatic N) is 2. The molecule has 90 valence electrons. The minimum atomic E-state index is 0.425. The van der Waals surface area contributed by atoms with Gasteiger partial charge in [0, 0.05) is 16.7 Å². The molecule has 0 spiro atoms. The third-order valence-corrected chi connectivity index (χ3v) is 3.72. The Morgan fingerprint density at radius 1 is 1.17 bits per heavy atom. The second-order valence-corrected chi connectivity index (χ2v) is 5.24. The number of aromatic amines is 1. The number of para-hydroxylation sites is 1. The molecule has 0 aliphatic carbocycles. The molecule has 0 aliphatic rings. The monoisotopic (exact) mass is 275 g/mol. The number of H-pyrrole nitrogens is 1. The van der Waals surface area contributed by atoms with Crippen LogP contribution in [0.15, 0.2) is 47.8 Å². The highest BCUT2D eigenvalue weighted by Crippen LogP contribution is 2.25. The molecule has 0 bridgehead atoms. The van der Waals surface area contributed by atoms with Gasteiger partial charge in [0.25, 0.3) is 0 Å². The zero-order valence-electron chi connectivity index (χ0n) is 9.43. The van der Waals surface area contributed by atoms with Crippen molar-refractivity contribution in [1.82, 2.24) is 15.0 Å². The van der Waals surface area contributed by atoms with Crippen LogP contribution in [0.1, 0.15) is 5.69 Å². The molecule has 5 heteroatoms. The van der Waals surface area contributed by atoms with Crippen molar-refractivity contribution in [2.75, 3.05) is 0 Å². The van der Waals surface area contributed by atoms with Gasteiger partial charge < -0.3 is 4.98 Å². The number of aromatic nitrogens is 3. The first kappa shape index (κ1) is 11.6. The van der Waals surface area contributed by atoms with E-state index in [-0.39, 0.29) is 0 Å². The summed E-state index contributed by atoms with van der Waals surface area (Å²) in [6.45, 7) is 0. The number of fused-ring (bicyclic) bond motifs is 1. The van der Waals surface area contributed by atoms with E-state index in [0.717, 1.165) is 22.0 Å². The average Bonchev–Trinajstić information content (AvgIpc) is 2.81. The first-order chi connectivity index (χ1) is 8.81. The second kappa shape index (κ2) is 5.00. The van der Waals surface area contributed by atoms with E-state index in [1.807, 2.05) is 12.1 Å². The van der Waals surface area contributed by atoms with Crippen molar-refractivity contribution in [3.05, 3.63) is 53.6 Å². The molecule has 3 rings (SSSR count). The van der Waals surface area contributed by atoms with Gasteiger partial charge in [0.1, 0.15) is 5.15 Å². The van der Waals surface area contributed by atoms with Crippen LogP contribution >= 0.6 is 23.4 Å². The third-order valence-electron chi connectivity index (χ3n) is 2.55. The predicted octanol–water partition coefficient (Wildman–Crippen LogP) is 3.90. The molecule has 0 saturated heterocycles. The normalized spacial score (nSPS) is 10.9. The lowest BCUT2D eigenvalue weighted by Gasteiger charge is -1.98.